The van der Waals surface area contributed by atoms with Crippen LogP contribution in [0.1, 0.15) is 16.1 Å². The Bertz CT molecular complexity index is 715. The number of rotatable bonds is 4. The third kappa shape index (κ3) is 3.79. The standard InChI is InChI=1S/C12H13ClN8O/c13-8-10(18-5-6-2-1-3-17-4-6)20-9(14)7(19-8)11(22)21-12(15)16/h1-4H,5H2,(H3,14,18,20)(H4,15,16,21,22). The van der Waals surface area contributed by atoms with Crippen molar-refractivity contribution in [3.05, 3.63) is 40.9 Å². The number of carbonyl (C=O) groups is 1. The van der Waals surface area contributed by atoms with Crippen molar-refractivity contribution in [2.45, 2.75) is 6.54 Å². The SMILES string of the molecule is NC(N)=NC(=O)c1nc(Cl)c(NCc2cccnc2)nc1N. The minimum absolute atomic E-state index is 0.0211. The second kappa shape index (κ2) is 6.68. The van der Waals surface area contributed by atoms with Gasteiger partial charge in [-0.2, -0.15) is 4.99 Å². The number of pyridine rings is 1. The number of nitrogens with zero attached hydrogens (tertiary/aromatic N) is 4. The number of aromatic nitrogens is 3. The molecule has 0 aromatic carbocycles. The van der Waals surface area contributed by atoms with E-state index in [0.29, 0.717) is 6.54 Å². The summed E-state index contributed by atoms with van der Waals surface area (Å²) in [5.41, 5.74) is 16.6. The monoisotopic (exact) mass is 320 g/mol. The highest BCUT2D eigenvalue weighted by Crippen LogP contribution is 2.21. The molecule has 2 aromatic rings. The zero-order valence-corrected chi connectivity index (χ0v) is 12.1. The van der Waals surface area contributed by atoms with Gasteiger partial charge in [-0.25, -0.2) is 9.97 Å². The van der Waals surface area contributed by atoms with Crippen molar-refractivity contribution in [3.8, 4) is 0 Å². The summed E-state index contributed by atoms with van der Waals surface area (Å²) in [4.78, 5) is 26.9. The lowest BCUT2D eigenvalue weighted by Gasteiger charge is -2.09. The van der Waals surface area contributed by atoms with Crippen molar-refractivity contribution >= 4 is 35.1 Å². The van der Waals surface area contributed by atoms with Gasteiger partial charge in [-0.05, 0) is 11.6 Å². The van der Waals surface area contributed by atoms with Gasteiger partial charge in [-0.15, -0.1) is 0 Å². The molecule has 0 aliphatic rings. The molecule has 114 valence electrons. The molecular formula is C12H13ClN8O. The maximum absolute atomic E-state index is 11.7. The van der Waals surface area contributed by atoms with Crippen LogP contribution in [0.15, 0.2) is 29.5 Å². The third-order valence-corrected chi connectivity index (χ3v) is 2.76. The number of halogens is 1. The van der Waals surface area contributed by atoms with Crippen molar-refractivity contribution in [3.63, 3.8) is 0 Å². The molecule has 0 atom stereocenters. The van der Waals surface area contributed by atoms with Crippen molar-refractivity contribution in [2.75, 3.05) is 11.1 Å². The van der Waals surface area contributed by atoms with E-state index in [2.05, 4.69) is 25.3 Å². The summed E-state index contributed by atoms with van der Waals surface area (Å²) >= 11 is 5.98. The molecule has 0 fully saturated rings. The number of hydrogen-bond acceptors (Lipinski definition) is 6. The summed E-state index contributed by atoms with van der Waals surface area (Å²) in [7, 11) is 0. The van der Waals surface area contributed by atoms with Crippen LogP contribution in [0.2, 0.25) is 5.15 Å². The summed E-state index contributed by atoms with van der Waals surface area (Å²) in [5, 5.41) is 2.93. The predicted molar refractivity (Wildman–Crippen MR) is 83.2 cm³/mol. The number of nitrogens with one attached hydrogen (secondary N) is 1. The molecule has 0 bridgehead atoms. The van der Waals surface area contributed by atoms with Crippen LogP contribution < -0.4 is 22.5 Å². The second-order valence-corrected chi connectivity index (χ2v) is 4.51. The Labute approximate surface area is 130 Å². The number of aliphatic imine (C=N–C) groups is 1. The lowest BCUT2D eigenvalue weighted by molar-refractivity contribution is 0.0998. The van der Waals surface area contributed by atoms with E-state index in [4.69, 9.17) is 28.8 Å². The average Bonchev–Trinajstić information content (AvgIpc) is 2.48. The Morgan fingerprint density at radius 1 is 1.36 bits per heavy atom. The Balaban J connectivity index is 2.19. The Kier molecular flexibility index (Phi) is 4.69. The molecule has 7 N–H and O–H groups in total. The highest BCUT2D eigenvalue weighted by molar-refractivity contribution is 6.32. The van der Waals surface area contributed by atoms with Gasteiger partial charge in [-0.3, -0.25) is 9.78 Å². The summed E-state index contributed by atoms with van der Waals surface area (Å²) in [6, 6.07) is 3.68. The van der Waals surface area contributed by atoms with Crippen LogP contribution in [0.3, 0.4) is 0 Å². The first kappa shape index (κ1) is 15.4. The fourth-order valence-corrected chi connectivity index (χ4v) is 1.75. The topological polar surface area (TPSA) is 158 Å². The quantitative estimate of drug-likeness (QED) is 0.457. The molecule has 1 amide bonds. The maximum atomic E-state index is 11.7. The highest BCUT2D eigenvalue weighted by Gasteiger charge is 2.16. The van der Waals surface area contributed by atoms with E-state index < -0.39 is 11.9 Å². The minimum Gasteiger partial charge on any atom is -0.382 e. The van der Waals surface area contributed by atoms with Crippen LogP contribution in [-0.2, 0) is 6.54 Å². The fourth-order valence-electron chi connectivity index (χ4n) is 1.56. The van der Waals surface area contributed by atoms with Crippen LogP contribution in [0.4, 0.5) is 11.6 Å². The molecule has 0 aliphatic heterocycles. The number of hydrogen-bond donors (Lipinski definition) is 4. The summed E-state index contributed by atoms with van der Waals surface area (Å²) in [6.45, 7) is 0.420. The normalized spacial score (nSPS) is 10.0. The van der Waals surface area contributed by atoms with Crippen molar-refractivity contribution in [2.24, 2.45) is 16.5 Å². The number of carbonyl (C=O) groups excluding carboxylic acids is 1. The maximum Gasteiger partial charge on any atom is 0.302 e. The van der Waals surface area contributed by atoms with Gasteiger partial charge in [0, 0.05) is 18.9 Å². The zero-order valence-electron chi connectivity index (χ0n) is 11.3. The van der Waals surface area contributed by atoms with Gasteiger partial charge >= 0.3 is 5.91 Å². The molecule has 2 heterocycles. The lowest BCUT2D eigenvalue weighted by atomic mass is 10.3. The minimum atomic E-state index is -0.814. The van der Waals surface area contributed by atoms with Crippen molar-refractivity contribution in [1.82, 2.24) is 15.0 Å². The third-order valence-electron chi connectivity index (χ3n) is 2.50. The van der Waals surface area contributed by atoms with Gasteiger partial charge < -0.3 is 22.5 Å². The van der Waals surface area contributed by atoms with Gasteiger partial charge in [0.25, 0.3) is 0 Å². The van der Waals surface area contributed by atoms with Gasteiger partial charge in [-0.1, -0.05) is 17.7 Å². The fraction of sp³-hybridized carbons (Fsp3) is 0.0833. The number of anilines is 2. The van der Waals surface area contributed by atoms with Crippen molar-refractivity contribution in [1.29, 1.82) is 0 Å². The Morgan fingerprint density at radius 2 is 2.14 bits per heavy atom. The molecule has 0 saturated heterocycles. The largest absolute Gasteiger partial charge is 0.382 e. The van der Waals surface area contributed by atoms with E-state index in [0.717, 1.165) is 5.56 Å². The van der Waals surface area contributed by atoms with E-state index in [9.17, 15) is 4.79 Å². The molecule has 0 radical (unpaired) electrons. The number of amides is 1. The Hall–Kier alpha value is -2.94. The number of nitrogens with two attached hydrogens (primary N) is 3. The molecule has 0 saturated carbocycles. The zero-order chi connectivity index (χ0) is 16.1. The molecular weight excluding hydrogens is 308 g/mol. The van der Waals surface area contributed by atoms with E-state index in [1.54, 1.807) is 18.5 Å². The Morgan fingerprint density at radius 3 is 2.77 bits per heavy atom. The van der Waals surface area contributed by atoms with E-state index in [1.807, 2.05) is 6.07 Å². The van der Waals surface area contributed by atoms with Crippen LogP contribution in [-0.4, -0.2) is 26.8 Å². The van der Waals surface area contributed by atoms with Gasteiger partial charge in [0.2, 0.25) is 0 Å². The molecule has 0 spiro atoms. The molecule has 0 unspecified atom stereocenters. The van der Waals surface area contributed by atoms with Crippen LogP contribution >= 0.6 is 11.6 Å². The molecule has 2 aromatic heterocycles. The first-order chi connectivity index (χ1) is 10.5. The van der Waals surface area contributed by atoms with Crippen LogP contribution in [0.5, 0.6) is 0 Å². The molecule has 0 aliphatic carbocycles. The molecule has 2 rings (SSSR count). The number of nitrogen functional groups attached to an aromatic ring is 1. The average molecular weight is 321 g/mol. The molecule has 9 nitrogen and oxygen atoms in total. The molecule has 22 heavy (non-hydrogen) atoms. The van der Waals surface area contributed by atoms with Crippen LogP contribution in [0, 0.1) is 0 Å². The summed E-state index contributed by atoms with van der Waals surface area (Å²) in [6.07, 6.45) is 3.35. The smallest absolute Gasteiger partial charge is 0.302 e. The second-order valence-electron chi connectivity index (χ2n) is 4.15. The first-order valence-corrected chi connectivity index (χ1v) is 6.45. The van der Waals surface area contributed by atoms with Gasteiger partial charge in [0.1, 0.15) is 0 Å². The van der Waals surface area contributed by atoms with Gasteiger partial charge in [0.05, 0.1) is 0 Å². The van der Waals surface area contributed by atoms with E-state index >= 15 is 0 Å². The molecule has 10 heteroatoms. The first-order valence-electron chi connectivity index (χ1n) is 6.07. The highest BCUT2D eigenvalue weighted by atomic mass is 35.5. The van der Waals surface area contributed by atoms with E-state index in [-0.39, 0.29) is 22.5 Å². The summed E-state index contributed by atoms with van der Waals surface area (Å²) in [5.74, 6) is -1.11. The van der Waals surface area contributed by atoms with Crippen molar-refractivity contribution < 1.29 is 4.79 Å². The summed E-state index contributed by atoms with van der Waals surface area (Å²) < 4.78 is 0. The van der Waals surface area contributed by atoms with E-state index in [1.165, 1.54) is 0 Å². The van der Waals surface area contributed by atoms with Crippen LogP contribution in [0.25, 0.3) is 0 Å². The predicted octanol–water partition coefficient (Wildman–Crippen LogP) is 0.133. The van der Waals surface area contributed by atoms with Gasteiger partial charge in [0.15, 0.2) is 28.4 Å². The number of guanidine groups is 1. The lowest BCUT2D eigenvalue weighted by Crippen LogP contribution is -2.24.